The van der Waals surface area contributed by atoms with E-state index in [1.807, 2.05) is 0 Å². The molecule has 10 heteroatoms. The van der Waals surface area contributed by atoms with Gasteiger partial charge in [-0.25, -0.2) is 9.97 Å². The van der Waals surface area contributed by atoms with Crippen LogP contribution in [0.1, 0.15) is 21.5 Å². The minimum absolute atomic E-state index is 0.0164. The van der Waals surface area contributed by atoms with E-state index in [0.717, 1.165) is 12.1 Å². The van der Waals surface area contributed by atoms with Crippen LogP contribution < -0.4 is 11.1 Å². The molecule has 0 fully saturated rings. The second-order valence-electron chi connectivity index (χ2n) is 7.80. The maximum Gasteiger partial charge on any atom is 0.416 e. The van der Waals surface area contributed by atoms with E-state index in [1.165, 1.54) is 16.7 Å². The number of para-hydroxylation sites is 2. The Labute approximate surface area is 202 Å². The average Bonchev–Trinajstić information content (AvgIpc) is 3.12. The van der Waals surface area contributed by atoms with E-state index in [4.69, 9.17) is 17.3 Å². The van der Waals surface area contributed by atoms with Crippen LogP contribution in [0, 0.1) is 0 Å². The van der Waals surface area contributed by atoms with Crippen LogP contribution in [0.2, 0.25) is 5.02 Å². The second kappa shape index (κ2) is 8.59. The molecule has 0 atom stereocenters. The Kier molecular flexibility index (Phi) is 5.56. The number of alkyl halides is 3. The van der Waals surface area contributed by atoms with Gasteiger partial charge in [0.05, 0.1) is 16.6 Å². The van der Waals surface area contributed by atoms with Crippen molar-refractivity contribution >= 4 is 45.5 Å². The summed E-state index contributed by atoms with van der Waals surface area (Å²) in [5.74, 6) is -0.631. The number of amides is 1. The van der Waals surface area contributed by atoms with Gasteiger partial charge in [0.2, 0.25) is 0 Å². The lowest BCUT2D eigenvalue weighted by molar-refractivity contribution is -0.137. The minimum Gasteiger partial charge on any atom is -0.384 e. The number of benzene rings is 3. The minimum atomic E-state index is -4.55. The summed E-state index contributed by atoms with van der Waals surface area (Å²) in [5, 5.41) is 3.26. The Morgan fingerprint density at radius 1 is 0.971 bits per heavy atom. The number of nitrogens with one attached hydrogen (secondary N) is 1. The summed E-state index contributed by atoms with van der Waals surface area (Å²) in [6.07, 6.45) is -4.55. The maximum absolute atomic E-state index is 13.4. The molecule has 0 unspecified atom stereocenters. The Morgan fingerprint density at radius 3 is 2.37 bits per heavy atom. The van der Waals surface area contributed by atoms with Crippen LogP contribution >= 0.6 is 11.6 Å². The quantitative estimate of drug-likeness (QED) is 0.332. The lowest BCUT2D eigenvalue weighted by Crippen LogP contribution is -2.24. The van der Waals surface area contributed by atoms with Gasteiger partial charge < -0.3 is 11.1 Å². The molecule has 5 rings (SSSR count). The lowest BCUT2D eigenvalue weighted by Gasteiger charge is -2.12. The largest absolute Gasteiger partial charge is 0.416 e. The van der Waals surface area contributed by atoms with Crippen molar-refractivity contribution in [2.45, 2.75) is 12.7 Å². The molecule has 176 valence electrons. The van der Waals surface area contributed by atoms with Gasteiger partial charge in [0, 0.05) is 17.3 Å². The van der Waals surface area contributed by atoms with Crippen molar-refractivity contribution in [3.8, 4) is 5.69 Å². The number of nitrogens with two attached hydrogens (primary N) is 1. The summed E-state index contributed by atoms with van der Waals surface area (Å²) in [4.78, 5) is 22.4. The Morgan fingerprint density at radius 2 is 1.66 bits per heavy atom. The first-order chi connectivity index (χ1) is 16.7. The SMILES string of the molecule is Nc1c(C(=O)NCc2ccccc2Cl)c2nc3ccccc3nc2n1-c1cccc(C(F)(F)F)c1. The van der Waals surface area contributed by atoms with Crippen LogP contribution in [0.25, 0.3) is 27.9 Å². The molecular formula is C25H17ClF3N5O. The number of fused-ring (bicyclic) bond motifs is 2. The highest BCUT2D eigenvalue weighted by Crippen LogP contribution is 2.34. The van der Waals surface area contributed by atoms with Gasteiger partial charge in [0.25, 0.3) is 5.91 Å². The number of halogens is 4. The molecule has 0 saturated carbocycles. The normalized spacial score (nSPS) is 11.8. The van der Waals surface area contributed by atoms with E-state index in [1.54, 1.807) is 48.5 Å². The first-order valence-electron chi connectivity index (χ1n) is 10.5. The van der Waals surface area contributed by atoms with Crippen molar-refractivity contribution in [1.82, 2.24) is 19.9 Å². The van der Waals surface area contributed by atoms with Gasteiger partial charge in [-0.3, -0.25) is 9.36 Å². The van der Waals surface area contributed by atoms with Crippen molar-refractivity contribution in [2.24, 2.45) is 0 Å². The molecular weight excluding hydrogens is 479 g/mol. The fraction of sp³-hybridized carbons (Fsp3) is 0.0800. The first kappa shape index (κ1) is 22.7. The summed E-state index contributed by atoms with van der Waals surface area (Å²) in [6.45, 7) is 0.120. The zero-order chi connectivity index (χ0) is 24.7. The molecule has 3 N–H and O–H groups in total. The van der Waals surface area contributed by atoms with Crippen molar-refractivity contribution in [2.75, 3.05) is 5.73 Å². The van der Waals surface area contributed by atoms with Crippen molar-refractivity contribution in [3.63, 3.8) is 0 Å². The maximum atomic E-state index is 13.4. The molecule has 0 aliphatic rings. The zero-order valence-electron chi connectivity index (χ0n) is 18.0. The van der Waals surface area contributed by atoms with E-state index in [9.17, 15) is 18.0 Å². The summed E-state index contributed by atoms with van der Waals surface area (Å²) in [6, 6.07) is 18.7. The zero-order valence-corrected chi connectivity index (χ0v) is 18.7. The fourth-order valence-corrected chi connectivity index (χ4v) is 4.08. The molecule has 2 aromatic heterocycles. The van der Waals surface area contributed by atoms with E-state index < -0.39 is 17.6 Å². The standard InChI is InChI=1S/C25H17ClF3N5O/c26-17-9-2-1-6-14(17)13-31-24(35)20-21-23(33-19-11-4-3-10-18(19)32-21)34(22(20)30)16-8-5-7-15(12-16)25(27,28)29/h1-12H,13,30H2,(H,31,35). The van der Waals surface area contributed by atoms with E-state index in [-0.39, 0.29) is 34.8 Å². The van der Waals surface area contributed by atoms with Gasteiger partial charge >= 0.3 is 6.18 Å². The topological polar surface area (TPSA) is 85.8 Å². The van der Waals surface area contributed by atoms with Gasteiger partial charge in [0.1, 0.15) is 16.9 Å². The number of hydrogen-bond acceptors (Lipinski definition) is 4. The summed E-state index contributed by atoms with van der Waals surface area (Å²) in [5.41, 5.74) is 7.72. The smallest absolute Gasteiger partial charge is 0.384 e. The van der Waals surface area contributed by atoms with E-state index >= 15 is 0 Å². The van der Waals surface area contributed by atoms with Gasteiger partial charge in [-0.2, -0.15) is 13.2 Å². The molecule has 6 nitrogen and oxygen atoms in total. The third-order valence-corrected chi connectivity index (χ3v) is 5.92. The molecule has 0 radical (unpaired) electrons. The van der Waals surface area contributed by atoms with Crippen LogP contribution in [-0.4, -0.2) is 20.4 Å². The number of rotatable bonds is 4. The van der Waals surface area contributed by atoms with Crippen molar-refractivity contribution in [1.29, 1.82) is 0 Å². The summed E-state index contributed by atoms with van der Waals surface area (Å²) < 4.78 is 41.5. The molecule has 0 spiro atoms. The lowest BCUT2D eigenvalue weighted by atomic mass is 10.2. The average molecular weight is 496 g/mol. The molecule has 1 amide bonds. The van der Waals surface area contributed by atoms with E-state index in [0.29, 0.717) is 21.6 Å². The Hall–Kier alpha value is -4.11. The van der Waals surface area contributed by atoms with Crippen LogP contribution in [0.15, 0.2) is 72.8 Å². The van der Waals surface area contributed by atoms with Crippen molar-refractivity contribution < 1.29 is 18.0 Å². The van der Waals surface area contributed by atoms with E-state index in [2.05, 4.69) is 15.3 Å². The molecule has 0 saturated heterocycles. The number of nitrogens with zero attached hydrogens (tertiary/aromatic N) is 3. The van der Waals surface area contributed by atoms with Gasteiger partial charge in [-0.1, -0.05) is 48.0 Å². The number of hydrogen-bond donors (Lipinski definition) is 2. The molecule has 3 aromatic carbocycles. The highest BCUT2D eigenvalue weighted by atomic mass is 35.5. The number of carbonyl (C=O) groups is 1. The molecule has 5 aromatic rings. The van der Waals surface area contributed by atoms with Crippen molar-refractivity contribution in [3.05, 3.63) is 94.5 Å². The number of carbonyl (C=O) groups excluding carboxylic acids is 1. The third kappa shape index (κ3) is 4.15. The van der Waals surface area contributed by atoms with Crippen LogP contribution in [0.5, 0.6) is 0 Å². The molecule has 0 aliphatic carbocycles. The molecule has 2 heterocycles. The molecule has 35 heavy (non-hydrogen) atoms. The second-order valence-corrected chi connectivity index (χ2v) is 8.21. The molecule has 0 bridgehead atoms. The monoisotopic (exact) mass is 495 g/mol. The highest BCUT2D eigenvalue weighted by Gasteiger charge is 2.31. The van der Waals surface area contributed by atoms with Crippen LogP contribution in [-0.2, 0) is 12.7 Å². The number of anilines is 1. The summed E-state index contributed by atoms with van der Waals surface area (Å²) >= 11 is 6.19. The predicted molar refractivity (Wildman–Crippen MR) is 128 cm³/mol. The van der Waals surface area contributed by atoms with Crippen LogP contribution in [0.3, 0.4) is 0 Å². The first-order valence-corrected chi connectivity index (χ1v) is 10.9. The third-order valence-electron chi connectivity index (χ3n) is 5.55. The highest BCUT2D eigenvalue weighted by molar-refractivity contribution is 6.31. The van der Waals surface area contributed by atoms with Gasteiger partial charge in [-0.15, -0.1) is 0 Å². The van der Waals surface area contributed by atoms with Crippen LogP contribution in [0.4, 0.5) is 19.0 Å². The molecule has 0 aliphatic heterocycles. The Bertz CT molecular complexity index is 1600. The summed E-state index contributed by atoms with van der Waals surface area (Å²) in [7, 11) is 0. The number of aromatic nitrogens is 3. The van der Waals surface area contributed by atoms with Gasteiger partial charge in [0.15, 0.2) is 5.65 Å². The Balaban J connectivity index is 1.68. The number of nitrogen functional groups attached to an aromatic ring is 1. The predicted octanol–water partition coefficient (Wildman–Crippen LogP) is 5.76. The fourth-order valence-electron chi connectivity index (χ4n) is 3.87. The van der Waals surface area contributed by atoms with Gasteiger partial charge in [-0.05, 0) is 42.0 Å².